The van der Waals surface area contributed by atoms with Crippen molar-refractivity contribution in [2.24, 2.45) is 0 Å². The standard InChI is InChI=1S/C21H20IP/c22-23(21-16-17-21,18-10-4-1-5-11-18,19-12-6-2-7-13-19)20-14-8-3-9-15-20/h1-15,21H,16-17H2. The van der Waals surface area contributed by atoms with Crippen molar-refractivity contribution in [2.75, 3.05) is 0 Å². The minimum absolute atomic E-state index is 0.758. The van der Waals surface area contributed by atoms with Crippen LogP contribution in [-0.4, -0.2) is 5.66 Å². The molecular formula is C21H20IP. The molecule has 1 saturated carbocycles. The van der Waals surface area contributed by atoms with E-state index in [9.17, 15) is 0 Å². The van der Waals surface area contributed by atoms with Crippen LogP contribution in [0.25, 0.3) is 0 Å². The molecule has 0 amide bonds. The normalized spacial score (nSPS) is 16.5. The van der Waals surface area contributed by atoms with Crippen molar-refractivity contribution in [3.63, 3.8) is 0 Å². The van der Waals surface area contributed by atoms with Crippen LogP contribution in [0.5, 0.6) is 0 Å². The number of hydrogen-bond acceptors (Lipinski definition) is 0. The second-order valence-corrected chi connectivity index (χ2v) is 16.8. The van der Waals surface area contributed by atoms with Crippen molar-refractivity contribution in [1.29, 1.82) is 0 Å². The van der Waals surface area contributed by atoms with E-state index in [-0.39, 0.29) is 0 Å². The maximum atomic E-state index is 2.89. The third-order valence-corrected chi connectivity index (χ3v) is 18.2. The predicted molar refractivity (Wildman–Crippen MR) is 112 cm³/mol. The van der Waals surface area contributed by atoms with E-state index in [1.165, 1.54) is 28.8 Å². The van der Waals surface area contributed by atoms with Gasteiger partial charge >= 0.3 is 152 Å². The number of rotatable bonds is 4. The van der Waals surface area contributed by atoms with E-state index in [4.69, 9.17) is 0 Å². The Morgan fingerprint density at radius 2 is 0.870 bits per heavy atom. The van der Waals surface area contributed by atoms with Crippen LogP contribution in [0, 0.1) is 0 Å². The average molecular weight is 430 g/mol. The molecule has 0 spiro atoms. The molecule has 0 saturated heterocycles. The third-order valence-electron chi connectivity index (χ3n) is 5.02. The van der Waals surface area contributed by atoms with Crippen LogP contribution >= 0.6 is 26.3 Å². The Bertz CT molecular complexity index is 696. The number of halogens is 1. The molecule has 0 aliphatic heterocycles. The van der Waals surface area contributed by atoms with Crippen molar-refractivity contribution >= 4 is 42.2 Å². The number of hydrogen-bond donors (Lipinski definition) is 0. The summed E-state index contributed by atoms with van der Waals surface area (Å²) in [4.78, 5) is 0. The zero-order chi connectivity index (χ0) is 15.8. The van der Waals surface area contributed by atoms with Gasteiger partial charge < -0.3 is 0 Å². The monoisotopic (exact) mass is 430 g/mol. The Balaban J connectivity index is 2.12. The quantitative estimate of drug-likeness (QED) is 0.403. The zero-order valence-electron chi connectivity index (χ0n) is 13.0. The van der Waals surface area contributed by atoms with Gasteiger partial charge in [0, 0.05) is 0 Å². The molecule has 3 aromatic carbocycles. The molecule has 1 aliphatic carbocycles. The van der Waals surface area contributed by atoms with Gasteiger partial charge in [0.05, 0.1) is 0 Å². The van der Waals surface area contributed by atoms with Crippen molar-refractivity contribution < 1.29 is 0 Å². The second kappa shape index (κ2) is 5.72. The summed E-state index contributed by atoms with van der Waals surface area (Å²) in [6.45, 7) is 0. The fourth-order valence-corrected chi connectivity index (χ4v) is 13.9. The molecule has 0 unspecified atom stereocenters. The first-order valence-corrected chi connectivity index (χ1v) is 13.2. The number of benzene rings is 3. The molecular weight excluding hydrogens is 410 g/mol. The van der Waals surface area contributed by atoms with Gasteiger partial charge in [-0.2, -0.15) is 0 Å². The summed E-state index contributed by atoms with van der Waals surface area (Å²) in [5.41, 5.74) is 0.758. The van der Waals surface area contributed by atoms with Gasteiger partial charge in [0.2, 0.25) is 0 Å². The van der Waals surface area contributed by atoms with E-state index < -0.39 is 4.25 Å². The van der Waals surface area contributed by atoms with E-state index in [1.54, 1.807) is 0 Å². The van der Waals surface area contributed by atoms with E-state index in [2.05, 4.69) is 113 Å². The van der Waals surface area contributed by atoms with E-state index in [0.717, 1.165) is 5.66 Å². The Labute approximate surface area is 151 Å². The van der Waals surface area contributed by atoms with Gasteiger partial charge in [0.15, 0.2) is 0 Å². The summed E-state index contributed by atoms with van der Waals surface area (Å²) in [6, 6.07) is 33.7. The molecule has 116 valence electrons. The molecule has 0 bridgehead atoms. The second-order valence-electron chi connectivity index (χ2n) is 6.31. The molecule has 4 rings (SSSR count). The van der Waals surface area contributed by atoms with Crippen LogP contribution in [0.2, 0.25) is 0 Å². The van der Waals surface area contributed by atoms with Crippen LogP contribution in [0.4, 0.5) is 0 Å². The molecule has 3 aromatic rings. The van der Waals surface area contributed by atoms with Crippen molar-refractivity contribution in [3.8, 4) is 0 Å². The fraction of sp³-hybridized carbons (Fsp3) is 0.143. The molecule has 1 aliphatic rings. The summed E-state index contributed by atoms with van der Waals surface area (Å²) >= 11 is 2.89. The van der Waals surface area contributed by atoms with Crippen molar-refractivity contribution in [1.82, 2.24) is 0 Å². The zero-order valence-corrected chi connectivity index (χ0v) is 16.0. The van der Waals surface area contributed by atoms with E-state index in [0.29, 0.717) is 0 Å². The first-order chi connectivity index (χ1) is 11.2. The first kappa shape index (κ1) is 15.4. The van der Waals surface area contributed by atoms with Crippen LogP contribution in [0.1, 0.15) is 12.8 Å². The van der Waals surface area contributed by atoms with Crippen LogP contribution in [0.15, 0.2) is 91.0 Å². The predicted octanol–water partition coefficient (Wildman–Crippen LogP) is 5.03. The topological polar surface area (TPSA) is 0 Å². The van der Waals surface area contributed by atoms with Gasteiger partial charge in [0.1, 0.15) is 0 Å². The average Bonchev–Trinajstić information content (AvgIpc) is 3.49. The van der Waals surface area contributed by atoms with Crippen LogP contribution in [-0.2, 0) is 0 Å². The van der Waals surface area contributed by atoms with Crippen molar-refractivity contribution in [2.45, 2.75) is 18.5 Å². The fourth-order valence-electron chi connectivity index (χ4n) is 3.80. The Kier molecular flexibility index (Phi) is 3.82. The van der Waals surface area contributed by atoms with Gasteiger partial charge in [-0.3, -0.25) is 0 Å². The van der Waals surface area contributed by atoms with Crippen molar-refractivity contribution in [3.05, 3.63) is 91.0 Å². The molecule has 0 N–H and O–H groups in total. The van der Waals surface area contributed by atoms with Gasteiger partial charge in [-0.1, -0.05) is 0 Å². The third kappa shape index (κ3) is 2.21. The Hall–Kier alpha value is -1.18. The maximum absolute atomic E-state index is 2.89. The molecule has 0 radical (unpaired) electrons. The summed E-state index contributed by atoms with van der Waals surface area (Å²) < 4.78 is -2.43. The minimum atomic E-state index is -2.43. The SMILES string of the molecule is IP(c1ccccc1)(c1ccccc1)(c1ccccc1)C1CC1. The molecule has 0 nitrogen and oxygen atoms in total. The summed E-state index contributed by atoms with van der Waals surface area (Å²) in [6.07, 6.45) is 2.67. The van der Waals surface area contributed by atoms with Gasteiger partial charge in [-0.25, -0.2) is 0 Å². The Morgan fingerprint density at radius 3 is 1.13 bits per heavy atom. The molecule has 0 aromatic heterocycles. The first-order valence-electron chi connectivity index (χ1n) is 8.15. The van der Waals surface area contributed by atoms with Gasteiger partial charge in [0.25, 0.3) is 0 Å². The summed E-state index contributed by atoms with van der Waals surface area (Å²) in [5.74, 6) is 0. The Morgan fingerprint density at radius 1 is 0.565 bits per heavy atom. The molecule has 0 atom stereocenters. The summed E-state index contributed by atoms with van der Waals surface area (Å²) in [5, 5.41) is 4.54. The molecule has 1 fully saturated rings. The van der Waals surface area contributed by atoms with E-state index in [1.807, 2.05) is 0 Å². The van der Waals surface area contributed by atoms with Crippen LogP contribution < -0.4 is 15.9 Å². The van der Waals surface area contributed by atoms with Gasteiger partial charge in [-0.15, -0.1) is 0 Å². The molecule has 23 heavy (non-hydrogen) atoms. The van der Waals surface area contributed by atoms with Crippen LogP contribution in [0.3, 0.4) is 0 Å². The molecule has 0 heterocycles. The summed E-state index contributed by atoms with van der Waals surface area (Å²) in [7, 11) is 0. The van der Waals surface area contributed by atoms with E-state index >= 15 is 0 Å². The van der Waals surface area contributed by atoms with Gasteiger partial charge in [-0.05, 0) is 0 Å². The molecule has 2 heteroatoms.